The van der Waals surface area contributed by atoms with E-state index in [9.17, 15) is 12.8 Å². The second-order valence-electron chi connectivity index (χ2n) is 6.71. The molecule has 0 saturated heterocycles. The van der Waals surface area contributed by atoms with Crippen molar-refractivity contribution in [3.8, 4) is 0 Å². The first-order valence-electron chi connectivity index (χ1n) is 7.25. The molecule has 1 aliphatic heterocycles. The van der Waals surface area contributed by atoms with Crippen molar-refractivity contribution in [3.05, 3.63) is 35.6 Å². The fraction of sp³-hybridized carbons (Fsp3) is 0.562. The van der Waals surface area contributed by atoms with Gasteiger partial charge < -0.3 is 4.74 Å². The van der Waals surface area contributed by atoms with Gasteiger partial charge in [0.1, 0.15) is 16.2 Å². The number of benzene rings is 1. The molecular weight excluding hydrogens is 305 g/mol. The molecule has 1 aromatic carbocycles. The SMILES string of the molecule is C[C@H](CC1=NS(=O)(=O)C(C)(C)C(C)(C)O1)c1ccccc1F. The van der Waals surface area contributed by atoms with Crippen LogP contribution in [-0.2, 0) is 14.8 Å². The number of rotatable bonds is 3. The monoisotopic (exact) mass is 327 g/mol. The van der Waals surface area contributed by atoms with E-state index < -0.39 is 20.4 Å². The number of halogens is 1. The molecule has 0 N–H and O–H groups in total. The van der Waals surface area contributed by atoms with Crippen LogP contribution in [0.1, 0.15) is 52.5 Å². The van der Waals surface area contributed by atoms with Gasteiger partial charge in [0.15, 0.2) is 0 Å². The molecule has 1 aliphatic rings. The summed E-state index contributed by atoms with van der Waals surface area (Å²) in [6.45, 7) is 8.48. The van der Waals surface area contributed by atoms with Crippen LogP contribution in [0.5, 0.6) is 0 Å². The van der Waals surface area contributed by atoms with E-state index >= 15 is 0 Å². The summed E-state index contributed by atoms with van der Waals surface area (Å²) in [6, 6.07) is 6.45. The maximum absolute atomic E-state index is 13.8. The summed E-state index contributed by atoms with van der Waals surface area (Å²) in [4.78, 5) is 0. The lowest BCUT2D eigenvalue weighted by Gasteiger charge is -2.42. The summed E-state index contributed by atoms with van der Waals surface area (Å²) in [5.41, 5.74) is -0.383. The molecule has 1 aromatic rings. The van der Waals surface area contributed by atoms with Gasteiger partial charge in [-0.15, -0.1) is 4.40 Å². The lowest BCUT2D eigenvalue weighted by molar-refractivity contribution is 0.0508. The fourth-order valence-electron chi connectivity index (χ4n) is 2.32. The van der Waals surface area contributed by atoms with Crippen LogP contribution in [0.15, 0.2) is 28.7 Å². The van der Waals surface area contributed by atoms with Crippen molar-refractivity contribution in [2.24, 2.45) is 4.40 Å². The van der Waals surface area contributed by atoms with E-state index in [4.69, 9.17) is 4.74 Å². The van der Waals surface area contributed by atoms with E-state index in [1.165, 1.54) is 6.07 Å². The van der Waals surface area contributed by atoms with E-state index in [1.807, 2.05) is 6.92 Å². The maximum Gasteiger partial charge on any atom is 0.265 e. The van der Waals surface area contributed by atoms with E-state index in [-0.39, 0.29) is 24.1 Å². The van der Waals surface area contributed by atoms with Gasteiger partial charge in [0.05, 0.1) is 0 Å². The topological polar surface area (TPSA) is 55.7 Å². The van der Waals surface area contributed by atoms with Crippen LogP contribution in [0.3, 0.4) is 0 Å². The van der Waals surface area contributed by atoms with E-state index in [0.29, 0.717) is 5.56 Å². The van der Waals surface area contributed by atoms with Crippen LogP contribution in [0.25, 0.3) is 0 Å². The molecule has 0 fully saturated rings. The molecule has 22 heavy (non-hydrogen) atoms. The fourth-order valence-corrected chi connectivity index (χ4v) is 3.59. The van der Waals surface area contributed by atoms with Crippen molar-refractivity contribution in [2.45, 2.75) is 57.3 Å². The Bertz CT molecular complexity index is 708. The maximum atomic E-state index is 13.8. The summed E-state index contributed by atoms with van der Waals surface area (Å²) in [7, 11) is -3.69. The Hall–Kier alpha value is -1.43. The highest BCUT2D eigenvalue weighted by molar-refractivity contribution is 7.91. The molecule has 2 rings (SSSR count). The minimum atomic E-state index is -3.69. The number of hydrogen-bond acceptors (Lipinski definition) is 3. The third-order valence-corrected chi connectivity index (χ3v) is 6.83. The Labute approximate surface area is 131 Å². The van der Waals surface area contributed by atoms with Crippen LogP contribution >= 0.6 is 0 Å². The predicted octanol–water partition coefficient (Wildman–Crippen LogP) is 3.64. The first kappa shape index (κ1) is 16.9. The molecule has 0 saturated carbocycles. The Morgan fingerprint density at radius 2 is 1.82 bits per heavy atom. The van der Waals surface area contributed by atoms with Crippen molar-refractivity contribution in [2.75, 3.05) is 0 Å². The van der Waals surface area contributed by atoms with E-state index in [2.05, 4.69) is 4.40 Å². The first-order chi connectivity index (χ1) is 9.98. The summed E-state index contributed by atoms with van der Waals surface area (Å²) in [5, 5.41) is 0. The van der Waals surface area contributed by atoms with Crippen molar-refractivity contribution < 1.29 is 17.5 Å². The zero-order chi connectivity index (χ0) is 16.8. The molecule has 0 amide bonds. The third-order valence-electron chi connectivity index (χ3n) is 4.61. The zero-order valence-electron chi connectivity index (χ0n) is 13.6. The molecule has 0 radical (unpaired) electrons. The molecule has 0 aliphatic carbocycles. The standard InChI is InChI=1S/C16H22FNO3S/c1-11(12-8-6-7-9-13(12)17)10-14-18-22(19,20)16(4,5)15(2,3)21-14/h6-9,11H,10H2,1-5H3/t11-/m1/s1. The summed E-state index contributed by atoms with van der Waals surface area (Å²) in [6.07, 6.45) is 0.236. The Morgan fingerprint density at radius 3 is 2.36 bits per heavy atom. The minimum Gasteiger partial charge on any atom is -0.472 e. The second kappa shape index (κ2) is 5.33. The first-order valence-corrected chi connectivity index (χ1v) is 8.69. The summed E-state index contributed by atoms with van der Waals surface area (Å²) in [5.74, 6) is -0.402. The average molecular weight is 327 g/mol. The van der Waals surface area contributed by atoms with Gasteiger partial charge in [0, 0.05) is 6.42 Å². The molecule has 0 aromatic heterocycles. The summed E-state index contributed by atoms with van der Waals surface area (Å²) < 4.78 is 47.1. The van der Waals surface area contributed by atoms with Gasteiger partial charge in [0.2, 0.25) is 5.90 Å². The molecule has 1 atom stereocenters. The molecule has 0 unspecified atom stereocenters. The van der Waals surface area contributed by atoms with Gasteiger partial charge in [-0.2, -0.15) is 0 Å². The number of hydrogen-bond donors (Lipinski definition) is 0. The third kappa shape index (κ3) is 2.76. The van der Waals surface area contributed by atoms with E-state index in [1.54, 1.807) is 45.9 Å². The van der Waals surface area contributed by atoms with Crippen molar-refractivity contribution in [1.29, 1.82) is 0 Å². The van der Waals surface area contributed by atoms with Crippen LogP contribution < -0.4 is 0 Å². The Morgan fingerprint density at radius 1 is 1.23 bits per heavy atom. The highest BCUT2D eigenvalue weighted by Gasteiger charge is 2.53. The Kier molecular flexibility index (Phi) is 4.11. The van der Waals surface area contributed by atoms with Gasteiger partial charge in [0.25, 0.3) is 10.0 Å². The average Bonchev–Trinajstić information content (AvgIpc) is 2.36. The highest BCUT2D eigenvalue weighted by atomic mass is 32.2. The van der Waals surface area contributed by atoms with Gasteiger partial charge in [-0.3, -0.25) is 0 Å². The van der Waals surface area contributed by atoms with Crippen molar-refractivity contribution >= 4 is 15.9 Å². The number of ether oxygens (including phenoxy) is 1. The predicted molar refractivity (Wildman–Crippen MR) is 85.0 cm³/mol. The smallest absolute Gasteiger partial charge is 0.265 e. The largest absolute Gasteiger partial charge is 0.472 e. The Balaban J connectivity index is 2.32. The lowest BCUT2D eigenvalue weighted by atomic mass is 9.92. The second-order valence-corrected chi connectivity index (χ2v) is 8.86. The quantitative estimate of drug-likeness (QED) is 0.852. The van der Waals surface area contributed by atoms with Gasteiger partial charge >= 0.3 is 0 Å². The van der Waals surface area contributed by atoms with Gasteiger partial charge in [-0.1, -0.05) is 25.1 Å². The molecule has 4 nitrogen and oxygen atoms in total. The normalized spacial score (nSPS) is 23.3. The number of sulfonamides is 1. The zero-order valence-corrected chi connectivity index (χ0v) is 14.4. The molecular formula is C16H22FNO3S. The van der Waals surface area contributed by atoms with Crippen LogP contribution in [0, 0.1) is 5.82 Å². The van der Waals surface area contributed by atoms with Crippen LogP contribution in [-0.4, -0.2) is 24.7 Å². The minimum absolute atomic E-state index is 0.139. The molecule has 6 heteroatoms. The van der Waals surface area contributed by atoms with Crippen molar-refractivity contribution in [1.82, 2.24) is 0 Å². The number of nitrogens with zero attached hydrogens (tertiary/aromatic N) is 1. The molecule has 0 spiro atoms. The van der Waals surface area contributed by atoms with Crippen molar-refractivity contribution in [3.63, 3.8) is 0 Å². The van der Waals surface area contributed by atoms with Crippen LogP contribution in [0.4, 0.5) is 4.39 Å². The molecule has 122 valence electrons. The summed E-state index contributed by atoms with van der Waals surface area (Å²) >= 11 is 0. The highest BCUT2D eigenvalue weighted by Crippen LogP contribution is 2.39. The lowest BCUT2D eigenvalue weighted by Crippen LogP contribution is -2.56. The van der Waals surface area contributed by atoms with Gasteiger partial charge in [-0.25, -0.2) is 12.8 Å². The molecule has 1 heterocycles. The van der Waals surface area contributed by atoms with Gasteiger partial charge in [-0.05, 0) is 45.2 Å². The van der Waals surface area contributed by atoms with Crippen LogP contribution in [0.2, 0.25) is 0 Å². The van der Waals surface area contributed by atoms with E-state index in [0.717, 1.165) is 0 Å². The molecule has 0 bridgehead atoms.